The van der Waals surface area contributed by atoms with E-state index in [0.29, 0.717) is 0 Å². The molecule has 1 N–H and O–H groups in total. The van der Waals surface area contributed by atoms with Crippen LogP contribution >= 0.6 is 11.6 Å². The highest BCUT2D eigenvalue weighted by molar-refractivity contribution is 6.34. The molecule has 1 fully saturated rings. The predicted octanol–water partition coefficient (Wildman–Crippen LogP) is 2.11. The second-order valence-corrected chi connectivity index (χ2v) is 5.47. The van der Waals surface area contributed by atoms with Gasteiger partial charge >= 0.3 is 0 Å². The van der Waals surface area contributed by atoms with Crippen LogP contribution in [0.15, 0.2) is 18.2 Å². The first-order valence-corrected chi connectivity index (χ1v) is 6.22. The van der Waals surface area contributed by atoms with Gasteiger partial charge in [-0.3, -0.25) is 14.5 Å². The quantitative estimate of drug-likeness (QED) is 0.859. The molecule has 0 radical (unpaired) electrons. The zero-order valence-corrected chi connectivity index (χ0v) is 11.6. The number of halogens is 2. The van der Waals surface area contributed by atoms with E-state index in [1.165, 1.54) is 17.0 Å². The van der Waals surface area contributed by atoms with Gasteiger partial charge in [-0.05, 0) is 39.0 Å². The number of amides is 2. The Morgan fingerprint density at radius 2 is 2.00 bits per heavy atom. The van der Waals surface area contributed by atoms with Crippen molar-refractivity contribution in [3.63, 3.8) is 0 Å². The summed E-state index contributed by atoms with van der Waals surface area (Å²) in [5.41, 5.74) is -0.832. The number of rotatable bonds is 1. The van der Waals surface area contributed by atoms with Crippen molar-refractivity contribution in [3.8, 4) is 0 Å². The van der Waals surface area contributed by atoms with E-state index in [-0.39, 0.29) is 22.5 Å². The second-order valence-electron chi connectivity index (χ2n) is 5.06. The number of piperazine rings is 1. The lowest BCUT2D eigenvalue weighted by atomic mass is 9.96. The monoisotopic (exact) mass is 284 g/mol. The zero-order valence-electron chi connectivity index (χ0n) is 10.8. The van der Waals surface area contributed by atoms with Crippen LogP contribution in [0, 0.1) is 5.82 Å². The molecule has 2 rings (SSSR count). The SMILES string of the molecule is CC1C(=O)NC(C)(C)C(=O)N1c1cc(F)ccc1Cl. The Bertz CT molecular complexity index is 560. The third kappa shape index (κ3) is 2.30. The predicted molar refractivity (Wildman–Crippen MR) is 70.6 cm³/mol. The summed E-state index contributed by atoms with van der Waals surface area (Å²) in [5.74, 6) is -1.14. The van der Waals surface area contributed by atoms with Gasteiger partial charge in [0.15, 0.2) is 0 Å². The average Bonchev–Trinajstić information content (AvgIpc) is 2.31. The summed E-state index contributed by atoms with van der Waals surface area (Å²) < 4.78 is 13.3. The first-order chi connectivity index (χ1) is 8.74. The molecule has 1 saturated heterocycles. The number of benzene rings is 1. The van der Waals surface area contributed by atoms with Crippen molar-refractivity contribution in [2.24, 2.45) is 0 Å². The van der Waals surface area contributed by atoms with E-state index in [0.717, 1.165) is 6.07 Å². The second kappa shape index (κ2) is 4.49. The first kappa shape index (κ1) is 13.8. The van der Waals surface area contributed by atoms with Crippen molar-refractivity contribution in [2.45, 2.75) is 32.4 Å². The molecule has 0 aromatic heterocycles. The number of carbonyl (C=O) groups is 2. The molecular weight excluding hydrogens is 271 g/mol. The van der Waals surface area contributed by atoms with E-state index in [9.17, 15) is 14.0 Å². The Labute approximate surface area is 115 Å². The van der Waals surface area contributed by atoms with Gasteiger partial charge in [0.05, 0.1) is 10.7 Å². The van der Waals surface area contributed by atoms with Crippen molar-refractivity contribution >= 4 is 29.1 Å². The molecule has 1 aromatic carbocycles. The summed E-state index contributed by atoms with van der Waals surface area (Å²) in [6.45, 7) is 4.77. The minimum atomic E-state index is -1.04. The zero-order chi connectivity index (χ0) is 14.4. The molecule has 102 valence electrons. The minimum absolute atomic E-state index is 0.210. The van der Waals surface area contributed by atoms with Gasteiger partial charge in [-0.15, -0.1) is 0 Å². The van der Waals surface area contributed by atoms with Crippen LogP contribution in [0.4, 0.5) is 10.1 Å². The van der Waals surface area contributed by atoms with E-state index in [2.05, 4.69) is 5.32 Å². The largest absolute Gasteiger partial charge is 0.340 e. The fourth-order valence-corrected chi connectivity index (χ4v) is 2.26. The number of hydrogen-bond acceptors (Lipinski definition) is 2. The standard InChI is InChI=1S/C13H14ClFN2O2/c1-7-11(18)16-13(2,3)12(19)17(7)10-6-8(15)4-5-9(10)14/h4-7H,1-3H3,(H,16,18). The lowest BCUT2D eigenvalue weighted by molar-refractivity contribution is -0.136. The molecule has 1 heterocycles. The molecule has 1 aromatic rings. The van der Waals surface area contributed by atoms with Crippen LogP contribution in [0.25, 0.3) is 0 Å². The fraction of sp³-hybridized carbons (Fsp3) is 0.385. The third-order valence-corrected chi connectivity index (χ3v) is 3.44. The molecule has 1 aliphatic heterocycles. The molecule has 1 atom stereocenters. The van der Waals surface area contributed by atoms with Crippen molar-refractivity contribution in [1.82, 2.24) is 5.32 Å². The number of nitrogens with zero attached hydrogens (tertiary/aromatic N) is 1. The van der Waals surface area contributed by atoms with Gasteiger partial charge in [-0.2, -0.15) is 0 Å². The summed E-state index contributed by atoms with van der Waals surface area (Å²) >= 11 is 6.01. The highest BCUT2D eigenvalue weighted by Gasteiger charge is 2.44. The highest BCUT2D eigenvalue weighted by atomic mass is 35.5. The van der Waals surface area contributed by atoms with Crippen LogP contribution in [0.5, 0.6) is 0 Å². The summed E-state index contributed by atoms with van der Waals surface area (Å²) in [7, 11) is 0. The molecule has 6 heteroatoms. The molecule has 0 spiro atoms. The van der Waals surface area contributed by atoms with E-state index in [1.54, 1.807) is 20.8 Å². The molecular formula is C13H14ClFN2O2. The van der Waals surface area contributed by atoms with Crippen LogP contribution in [0.3, 0.4) is 0 Å². The lowest BCUT2D eigenvalue weighted by Crippen LogP contribution is -2.67. The summed E-state index contributed by atoms with van der Waals surface area (Å²) in [6.07, 6.45) is 0. The van der Waals surface area contributed by atoms with Gasteiger partial charge in [0.1, 0.15) is 17.4 Å². The van der Waals surface area contributed by atoms with Crippen LogP contribution in [-0.2, 0) is 9.59 Å². The normalized spacial score (nSPS) is 22.4. The van der Waals surface area contributed by atoms with Crippen LogP contribution in [-0.4, -0.2) is 23.4 Å². The molecule has 2 amide bonds. The Balaban J connectivity index is 2.54. The van der Waals surface area contributed by atoms with Crippen molar-refractivity contribution in [3.05, 3.63) is 29.0 Å². The van der Waals surface area contributed by atoms with Gasteiger partial charge in [0.25, 0.3) is 5.91 Å². The molecule has 4 nitrogen and oxygen atoms in total. The topological polar surface area (TPSA) is 49.4 Å². The van der Waals surface area contributed by atoms with Crippen LogP contribution in [0.1, 0.15) is 20.8 Å². The average molecular weight is 285 g/mol. The van der Waals surface area contributed by atoms with Gasteiger partial charge in [-0.25, -0.2) is 4.39 Å². The third-order valence-electron chi connectivity index (χ3n) is 3.12. The molecule has 0 bridgehead atoms. The Kier molecular flexibility index (Phi) is 3.26. The number of nitrogens with one attached hydrogen (secondary N) is 1. The first-order valence-electron chi connectivity index (χ1n) is 5.85. The summed E-state index contributed by atoms with van der Waals surface area (Å²) in [6, 6.07) is 2.99. The van der Waals surface area contributed by atoms with Crippen LogP contribution < -0.4 is 10.2 Å². The summed E-state index contributed by atoms with van der Waals surface area (Å²) in [4.78, 5) is 25.5. The number of carbonyl (C=O) groups excluding carboxylic acids is 2. The van der Waals surface area contributed by atoms with E-state index < -0.39 is 17.4 Å². The van der Waals surface area contributed by atoms with E-state index >= 15 is 0 Å². The number of hydrogen-bond donors (Lipinski definition) is 1. The molecule has 0 aliphatic carbocycles. The maximum absolute atomic E-state index is 13.3. The fourth-order valence-electron chi connectivity index (χ4n) is 2.05. The van der Waals surface area contributed by atoms with Gasteiger partial charge < -0.3 is 5.32 Å². The highest BCUT2D eigenvalue weighted by Crippen LogP contribution is 2.32. The number of anilines is 1. The van der Waals surface area contributed by atoms with Gasteiger partial charge in [0, 0.05) is 0 Å². The Morgan fingerprint density at radius 1 is 1.37 bits per heavy atom. The smallest absolute Gasteiger partial charge is 0.252 e. The van der Waals surface area contributed by atoms with E-state index in [1.807, 2.05) is 0 Å². The maximum Gasteiger partial charge on any atom is 0.252 e. The van der Waals surface area contributed by atoms with Crippen molar-refractivity contribution < 1.29 is 14.0 Å². The maximum atomic E-state index is 13.3. The summed E-state index contributed by atoms with van der Waals surface area (Å²) in [5, 5.41) is 2.85. The van der Waals surface area contributed by atoms with Gasteiger partial charge in [-0.1, -0.05) is 11.6 Å². The minimum Gasteiger partial charge on any atom is -0.340 e. The van der Waals surface area contributed by atoms with Crippen molar-refractivity contribution in [1.29, 1.82) is 0 Å². The van der Waals surface area contributed by atoms with Crippen LogP contribution in [0.2, 0.25) is 5.02 Å². The van der Waals surface area contributed by atoms with E-state index in [4.69, 9.17) is 11.6 Å². The molecule has 19 heavy (non-hydrogen) atoms. The van der Waals surface area contributed by atoms with Gasteiger partial charge in [0.2, 0.25) is 5.91 Å². The molecule has 1 aliphatic rings. The van der Waals surface area contributed by atoms with Crippen molar-refractivity contribution in [2.75, 3.05) is 4.90 Å². The Morgan fingerprint density at radius 3 is 2.63 bits per heavy atom. The Hall–Kier alpha value is -1.62. The molecule has 0 saturated carbocycles. The lowest BCUT2D eigenvalue weighted by Gasteiger charge is -2.41. The molecule has 1 unspecified atom stereocenters.